The van der Waals surface area contributed by atoms with Gasteiger partial charge in [-0.05, 0) is 12.5 Å². The van der Waals surface area contributed by atoms with Crippen molar-refractivity contribution in [3.63, 3.8) is 0 Å². The molecule has 1 rings (SSSR count). The molecule has 0 spiro atoms. The van der Waals surface area contributed by atoms with Crippen molar-refractivity contribution in [2.24, 2.45) is 10.2 Å². The van der Waals surface area contributed by atoms with Crippen molar-refractivity contribution >= 4 is 0 Å². The van der Waals surface area contributed by atoms with Crippen LogP contribution in [0.3, 0.4) is 0 Å². The zero-order valence-corrected chi connectivity index (χ0v) is 6.38. The van der Waals surface area contributed by atoms with E-state index in [1.165, 1.54) is 19.3 Å². The van der Waals surface area contributed by atoms with Gasteiger partial charge < -0.3 is 0 Å². The van der Waals surface area contributed by atoms with Crippen LogP contribution >= 0.6 is 0 Å². The number of unbranched alkanes of at least 4 members (excludes halogenated alkanes) is 2. The van der Waals surface area contributed by atoms with E-state index in [2.05, 4.69) is 17.2 Å². The zero-order valence-electron chi connectivity index (χ0n) is 6.38. The van der Waals surface area contributed by atoms with E-state index in [1.807, 2.05) is 6.08 Å². The molecular formula is C8H13N2. The van der Waals surface area contributed by atoms with Gasteiger partial charge in [0, 0.05) is 6.20 Å². The summed E-state index contributed by atoms with van der Waals surface area (Å²) in [5.74, 6) is 0. The monoisotopic (exact) mass is 137 g/mol. The first-order valence-corrected chi connectivity index (χ1v) is 3.86. The minimum Gasteiger partial charge on any atom is -0.175 e. The third kappa shape index (κ3) is 2.29. The van der Waals surface area contributed by atoms with E-state index in [0.717, 1.165) is 12.5 Å². The number of hydrogen-bond acceptors (Lipinski definition) is 2. The van der Waals surface area contributed by atoms with Crippen LogP contribution in [-0.2, 0) is 0 Å². The molecule has 55 valence electrons. The lowest BCUT2D eigenvalue weighted by Crippen LogP contribution is -1.85. The van der Waals surface area contributed by atoms with Crippen LogP contribution in [0.25, 0.3) is 0 Å². The minimum atomic E-state index is 1.09. The van der Waals surface area contributed by atoms with E-state index in [4.69, 9.17) is 0 Å². The molecule has 0 aromatic heterocycles. The Balaban J connectivity index is 2.03. The molecule has 0 fully saturated rings. The molecule has 1 heterocycles. The lowest BCUT2D eigenvalue weighted by molar-refractivity contribution is 0.682. The Morgan fingerprint density at radius 2 is 2.30 bits per heavy atom. The molecule has 0 aromatic carbocycles. The van der Waals surface area contributed by atoms with E-state index >= 15 is 0 Å². The molecule has 0 bridgehead atoms. The summed E-state index contributed by atoms with van der Waals surface area (Å²) in [6.07, 6.45) is 8.64. The summed E-state index contributed by atoms with van der Waals surface area (Å²) in [5, 5.41) is 7.69. The molecule has 0 saturated carbocycles. The van der Waals surface area contributed by atoms with Crippen LogP contribution < -0.4 is 0 Å². The van der Waals surface area contributed by atoms with Crippen molar-refractivity contribution in [1.82, 2.24) is 0 Å². The van der Waals surface area contributed by atoms with Gasteiger partial charge in [-0.2, -0.15) is 10.2 Å². The summed E-state index contributed by atoms with van der Waals surface area (Å²) in [6.45, 7) is 2.21. The fourth-order valence-electron chi connectivity index (χ4n) is 0.950. The third-order valence-corrected chi connectivity index (χ3v) is 1.56. The van der Waals surface area contributed by atoms with Crippen molar-refractivity contribution in [2.75, 3.05) is 0 Å². The molecule has 0 amide bonds. The van der Waals surface area contributed by atoms with Gasteiger partial charge in [-0.15, -0.1) is 0 Å². The van der Waals surface area contributed by atoms with Crippen molar-refractivity contribution in [1.29, 1.82) is 0 Å². The van der Waals surface area contributed by atoms with E-state index < -0.39 is 0 Å². The second kappa shape index (κ2) is 4.20. The predicted octanol–water partition coefficient (Wildman–Crippen LogP) is 3.08. The summed E-state index contributed by atoms with van der Waals surface area (Å²) in [5.41, 5.74) is 0. The van der Waals surface area contributed by atoms with Crippen molar-refractivity contribution in [2.45, 2.75) is 32.6 Å². The Bertz CT molecular complexity index is 126. The number of hydrogen-bond donors (Lipinski definition) is 0. The highest BCUT2D eigenvalue weighted by atomic mass is 15.1. The fraction of sp³-hybridized carbons (Fsp3) is 0.625. The molecule has 1 aliphatic heterocycles. The van der Waals surface area contributed by atoms with E-state index in [0.29, 0.717) is 0 Å². The van der Waals surface area contributed by atoms with Crippen LogP contribution in [0.4, 0.5) is 0 Å². The standard InChI is InChI=1S/C8H13N2/c1-2-3-4-5-8-6-7-9-10-8/h6-7H,2-5H2,1H3. The van der Waals surface area contributed by atoms with Gasteiger partial charge in [-0.1, -0.05) is 26.2 Å². The Morgan fingerprint density at radius 3 is 2.90 bits per heavy atom. The van der Waals surface area contributed by atoms with Gasteiger partial charge in [0.2, 0.25) is 0 Å². The van der Waals surface area contributed by atoms with Crippen LogP contribution in [-0.4, -0.2) is 0 Å². The Hall–Kier alpha value is -0.660. The Labute approximate surface area is 62.0 Å². The lowest BCUT2D eigenvalue weighted by atomic mass is 10.1. The Kier molecular flexibility index (Phi) is 3.13. The lowest BCUT2D eigenvalue weighted by Gasteiger charge is -1.98. The highest BCUT2D eigenvalue weighted by molar-refractivity contribution is 5.10. The summed E-state index contributed by atoms with van der Waals surface area (Å²) in [4.78, 5) is 0. The minimum absolute atomic E-state index is 1.09. The molecule has 0 aromatic rings. The van der Waals surface area contributed by atoms with Crippen molar-refractivity contribution in [3.05, 3.63) is 18.3 Å². The van der Waals surface area contributed by atoms with Crippen LogP contribution in [0, 0.1) is 6.04 Å². The summed E-state index contributed by atoms with van der Waals surface area (Å²) >= 11 is 0. The van der Waals surface area contributed by atoms with Crippen LogP contribution in [0.15, 0.2) is 22.5 Å². The van der Waals surface area contributed by atoms with Crippen LogP contribution in [0.5, 0.6) is 0 Å². The first-order valence-electron chi connectivity index (χ1n) is 3.86. The quantitative estimate of drug-likeness (QED) is 0.532. The topological polar surface area (TPSA) is 24.7 Å². The van der Waals surface area contributed by atoms with Gasteiger partial charge in [-0.3, -0.25) is 0 Å². The molecule has 0 saturated heterocycles. The maximum atomic E-state index is 3.94. The van der Waals surface area contributed by atoms with Crippen LogP contribution in [0.2, 0.25) is 0 Å². The number of rotatable bonds is 4. The van der Waals surface area contributed by atoms with Crippen LogP contribution in [0.1, 0.15) is 32.6 Å². The van der Waals surface area contributed by atoms with Gasteiger partial charge >= 0.3 is 0 Å². The molecule has 2 nitrogen and oxygen atoms in total. The van der Waals surface area contributed by atoms with Gasteiger partial charge in [0.15, 0.2) is 0 Å². The molecule has 1 aliphatic rings. The highest BCUT2D eigenvalue weighted by Crippen LogP contribution is 2.19. The molecule has 0 atom stereocenters. The van der Waals surface area contributed by atoms with E-state index in [1.54, 1.807) is 6.20 Å². The van der Waals surface area contributed by atoms with Gasteiger partial charge in [0.05, 0.1) is 0 Å². The summed E-state index contributed by atoms with van der Waals surface area (Å²) in [7, 11) is 0. The fourth-order valence-corrected chi connectivity index (χ4v) is 0.950. The third-order valence-electron chi connectivity index (χ3n) is 1.56. The molecule has 0 unspecified atom stereocenters. The number of azo groups is 1. The Morgan fingerprint density at radius 1 is 1.40 bits per heavy atom. The molecule has 0 aliphatic carbocycles. The van der Waals surface area contributed by atoms with E-state index in [-0.39, 0.29) is 0 Å². The largest absolute Gasteiger partial charge is 0.175 e. The summed E-state index contributed by atoms with van der Waals surface area (Å²) in [6, 6.07) is 1.13. The zero-order chi connectivity index (χ0) is 7.23. The maximum absolute atomic E-state index is 3.94. The second-order valence-electron chi connectivity index (χ2n) is 2.48. The molecule has 0 N–H and O–H groups in total. The predicted molar refractivity (Wildman–Crippen MR) is 41.4 cm³/mol. The van der Waals surface area contributed by atoms with Gasteiger partial charge in [0.1, 0.15) is 6.04 Å². The smallest absolute Gasteiger partial charge is 0.132 e. The molecule has 2 heteroatoms. The maximum Gasteiger partial charge on any atom is 0.132 e. The average molecular weight is 137 g/mol. The first-order chi connectivity index (χ1) is 4.93. The van der Waals surface area contributed by atoms with Crippen molar-refractivity contribution < 1.29 is 0 Å². The molecular weight excluding hydrogens is 124 g/mol. The molecule has 1 radical (unpaired) electrons. The van der Waals surface area contributed by atoms with Crippen molar-refractivity contribution in [3.8, 4) is 0 Å². The summed E-state index contributed by atoms with van der Waals surface area (Å²) < 4.78 is 0. The van der Waals surface area contributed by atoms with Gasteiger partial charge in [-0.25, -0.2) is 0 Å². The van der Waals surface area contributed by atoms with E-state index in [9.17, 15) is 0 Å². The average Bonchev–Trinajstić information content (AvgIpc) is 2.41. The number of nitrogens with zero attached hydrogens (tertiary/aromatic N) is 2. The highest BCUT2D eigenvalue weighted by Gasteiger charge is 2.05. The normalized spacial score (nSPS) is 16.9. The van der Waals surface area contributed by atoms with Gasteiger partial charge in [0.25, 0.3) is 0 Å². The SMILES string of the molecule is CCCCC[C]1C=CN=N1. The first kappa shape index (κ1) is 7.45. The second-order valence-corrected chi connectivity index (χ2v) is 2.48. The molecule has 10 heavy (non-hydrogen) atoms.